The molecule has 4 rings (SSSR count). The molecule has 1 saturated carbocycles. The molecule has 35 heavy (non-hydrogen) atoms. The van der Waals surface area contributed by atoms with Gasteiger partial charge in [0.15, 0.2) is 17.2 Å². The number of rotatable bonds is 4. The van der Waals surface area contributed by atoms with Gasteiger partial charge < -0.3 is 20.4 Å². The maximum absolute atomic E-state index is 14.2. The molecule has 0 amide bonds. The van der Waals surface area contributed by atoms with Gasteiger partial charge in [0.25, 0.3) is 0 Å². The summed E-state index contributed by atoms with van der Waals surface area (Å²) >= 11 is 0. The van der Waals surface area contributed by atoms with E-state index in [4.69, 9.17) is 0 Å². The summed E-state index contributed by atoms with van der Waals surface area (Å²) in [5.41, 5.74) is -3.80. The Kier molecular flexibility index (Phi) is 5.60. The minimum Gasteiger partial charge on any atom is -0.508 e. The zero-order chi connectivity index (χ0) is 26.2. The predicted octanol–water partition coefficient (Wildman–Crippen LogP) is 4.14. The third-order valence-electron chi connectivity index (χ3n) is 8.50. The van der Waals surface area contributed by atoms with Gasteiger partial charge in [0.2, 0.25) is 5.78 Å². The number of ketones is 3. The van der Waals surface area contributed by atoms with E-state index < -0.39 is 56.8 Å². The second kappa shape index (κ2) is 7.79. The molecule has 188 valence electrons. The number of aryl methyl sites for hydroxylation is 1. The zero-order valence-electron chi connectivity index (χ0n) is 21.2. The Morgan fingerprint density at radius 2 is 1.77 bits per heavy atom. The highest BCUT2D eigenvalue weighted by molar-refractivity contribution is 6.24. The lowest BCUT2D eigenvalue weighted by Crippen LogP contribution is -2.69. The van der Waals surface area contributed by atoms with Gasteiger partial charge in [0.05, 0.1) is 5.56 Å². The summed E-state index contributed by atoms with van der Waals surface area (Å²) in [6.07, 6.45) is 1.98. The Hall–Kier alpha value is -2.93. The Bertz CT molecular complexity index is 1240. The average Bonchev–Trinajstić information content (AvgIpc) is 2.72. The van der Waals surface area contributed by atoms with Crippen LogP contribution in [0.5, 0.6) is 5.75 Å². The summed E-state index contributed by atoms with van der Waals surface area (Å²) < 4.78 is 0. The van der Waals surface area contributed by atoms with Crippen molar-refractivity contribution < 1.29 is 34.8 Å². The molecule has 0 spiro atoms. The highest BCUT2D eigenvalue weighted by atomic mass is 16.3. The van der Waals surface area contributed by atoms with Gasteiger partial charge in [-0.25, -0.2) is 0 Å². The standard InChI is InChI=1S/C28H34O7/c1-7-8-15-9-10-17(30)19-16(15)11-26(5)12-27(6)20(13(2)3)22(31)18(14(4)29)24(33)28(27,35)25(34)21(26)23(19)32/h9-10,13,20,30,32-33,35H,7-8,11-12H2,1-6H3/t20?,26-,27-,28+/m1/s1. The Balaban J connectivity index is 2.08. The molecule has 1 aromatic carbocycles. The number of carbonyl (C=O) groups excluding carboxylic acids is 3. The number of benzene rings is 1. The smallest absolute Gasteiger partial charge is 0.203 e. The summed E-state index contributed by atoms with van der Waals surface area (Å²) in [5.74, 6) is -5.05. The molecule has 0 saturated heterocycles. The Labute approximate surface area is 205 Å². The summed E-state index contributed by atoms with van der Waals surface area (Å²) in [5, 5.41) is 45.2. The second-order valence-electron chi connectivity index (χ2n) is 11.3. The lowest BCUT2D eigenvalue weighted by molar-refractivity contribution is -0.178. The first-order chi connectivity index (χ1) is 16.2. The number of phenols is 1. The lowest BCUT2D eigenvalue weighted by Gasteiger charge is -2.59. The van der Waals surface area contributed by atoms with E-state index >= 15 is 0 Å². The van der Waals surface area contributed by atoms with Crippen molar-refractivity contribution in [2.45, 2.75) is 72.8 Å². The van der Waals surface area contributed by atoms with Crippen LogP contribution in [0.2, 0.25) is 0 Å². The molecule has 3 aliphatic rings. The molecule has 1 aromatic rings. The SMILES string of the molecule is CCCc1ccc(O)c2c1C[C@]1(C)C[C@]3(C)C(C(C)C)C(=O)C(C(C)=O)=C(O)[C@]3(O)C(=O)C1=C2O. The van der Waals surface area contributed by atoms with E-state index in [1.165, 1.54) is 6.07 Å². The normalized spacial score (nSPS) is 32.5. The van der Waals surface area contributed by atoms with Crippen molar-refractivity contribution in [3.05, 3.63) is 45.7 Å². The topological polar surface area (TPSA) is 132 Å². The number of hydrogen-bond donors (Lipinski definition) is 4. The molecule has 4 atom stereocenters. The zero-order valence-corrected chi connectivity index (χ0v) is 21.2. The largest absolute Gasteiger partial charge is 0.508 e. The molecule has 7 nitrogen and oxygen atoms in total. The first-order valence-electron chi connectivity index (χ1n) is 12.2. The summed E-state index contributed by atoms with van der Waals surface area (Å²) in [4.78, 5) is 40.0. The van der Waals surface area contributed by atoms with Crippen molar-refractivity contribution in [2.75, 3.05) is 0 Å². The molecule has 0 aliphatic heterocycles. The van der Waals surface area contributed by atoms with Crippen LogP contribution in [0.15, 0.2) is 29.0 Å². The monoisotopic (exact) mass is 482 g/mol. The molecule has 0 aromatic heterocycles. The van der Waals surface area contributed by atoms with E-state index in [0.29, 0.717) is 6.42 Å². The van der Waals surface area contributed by atoms with E-state index in [1.54, 1.807) is 20.8 Å². The third-order valence-corrected chi connectivity index (χ3v) is 8.50. The van der Waals surface area contributed by atoms with Crippen molar-refractivity contribution in [1.29, 1.82) is 0 Å². The van der Waals surface area contributed by atoms with Crippen LogP contribution < -0.4 is 0 Å². The van der Waals surface area contributed by atoms with Crippen LogP contribution >= 0.6 is 0 Å². The van der Waals surface area contributed by atoms with Crippen molar-refractivity contribution in [3.8, 4) is 5.75 Å². The van der Waals surface area contributed by atoms with Crippen molar-refractivity contribution in [3.63, 3.8) is 0 Å². The number of fused-ring (bicyclic) bond motifs is 3. The molecule has 1 unspecified atom stereocenters. The fourth-order valence-electron chi connectivity index (χ4n) is 7.28. The van der Waals surface area contributed by atoms with Gasteiger partial charge in [-0.2, -0.15) is 0 Å². The third kappa shape index (κ3) is 3.03. The molecule has 3 aliphatic carbocycles. The Morgan fingerprint density at radius 3 is 2.31 bits per heavy atom. The fourth-order valence-corrected chi connectivity index (χ4v) is 7.28. The predicted molar refractivity (Wildman–Crippen MR) is 130 cm³/mol. The van der Waals surface area contributed by atoms with Crippen LogP contribution in [0.25, 0.3) is 5.76 Å². The molecule has 0 bridgehead atoms. The van der Waals surface area contributed by atoms with Crippen LogP contribution in [-0.2, 0) is 27.2 Å². The molecule has 7 heteroatoms. The number of allylic oxidation sites excluding steroid dienone is 1. The van der Waals surface area contributed by atoms with Crippen LogP contribution in [0.1, 0.15) is 71.1 Å². The van der Waals surface area contributed by atoms with Gasteiger partial charge in [-0.15, -0.1) is 0 Å². The number of phenolic OH excluding ortho intramolecular Hbond substituents is 1. The maximum atomic E-state index is 14.2. The lowest BCUT2D eigenvalue weighted by atomic mass is 9.43. The fraction of sp³-hybridized carbons (Fsp3) is 0.536. The van der Waals surface area contributed by atoms with Crippen LogP contribution in [-0.4, -0.2) is 43.4 Å². The van der Waals surface area contributed by atoms with E-state index in [1.807, 2.05) is 19.9 Å². The summed E-state index contributed by atoms with van der Waals surface area (Å²) in [7, 11) is 0. The van der Waals surface area contributed by atoms with Crippen LogP contribution in [0.3, 0.4) is 0 Å². The van der Waals surface area contributed by atoms with Gasteiger partial charge in [0.1, 0.15) is 22.8 Å². The van der Waals surface area contributed by atoms with E-state index in [-0.39, 0.29) is 29.2 Å². The maximum Gasteiger partial charge on any atom is 0.203 e. The molecule has 0 radical (unpaired) electrons. The Morgan fingerprint density at radius 1 is 1.14 bits per heavy atom. The first kappa shape index (κ1) is 25.2. The minimum atomic E-state index is -2.58. The van der Waals surface area contributed by atoms with E-state index in [2.05, 4.69) is 0 Å². The van der Waals surface area contributed by atoms with E-state index in [0.717, 1.165) is 30.9 Å². The number of aliphatic hydroxyl groups is 3. The number of carbonyl (C=O) groups is 3. The van der Waals surface area contributed by atoms with Gasteiger partial charge in [-0.1, -0.05) is 47.1 Å². The van der Waals surface area contributed by atoms with Gasteiger partial charge in [-0.05, 0) is 49.3 Å². The molecule has 1 fully saturated rings. The van der Waals surface area contributed by atoms with E-state index in [9.17, 15) is 34.8 Å². The van der Waals surface area contributed by atoms with Gasteiger partial charge >= 0.3 is 0 Å². The van der Waals surface area contributed by atoms with Crippen LogP contribution in [0, 0.1) is 22.7 Å². The first-order valence-corrected chi connectivity index (χ1v) is 12.2. The summed E-state index contributed by atoms with van der Waals surface area (Å²) in [6.45, 7) is 10.1. The van der Waals surface area contributed by atoms with Crippen LogP contribution in [0.4, 0.5) is 0 Å². The van der Waals surface area contributed by atoms with Crippen molar-refractivity contribution in [1.82, 2.24) is 0 Å². The van der Waals surface area contributed by atoms with Gasteiger partial charge in [0, 0.05) is 22.3 Å². The number of aromatic hydroxyl groups is 1. The highest BCUT2D eigenvalue weighted by Gasteiger charge is 2.72. The number of hydrogen-bond acceptors (Lipinski definition) is 7. The average molecular weight is 483 g/mol. The molecular weight excluding hydrogens is 448 g/mol. The van der Waals surface area contributed by atoms with Crippen molar-refractivity contribution in [2.24, 2.45) is 22.7 Å². The van der Waals surface area contributed by atoms with Crippen molar-refractivity contribution >= 4 is 23.1 Å². The molecule has 0 heterocycles. The number of Topliss-reactive ketones (excluding diaryl/α,β-unsaturated/α-hetero) is 3. The molecule has 4 N–H and O–H groups in total. The number of aliphatic hydroxyl groups excluding tert-OH is 2. The highest BCUT2D eigenvalue weighted by Crippen LogP contribution is 2.65. The quantitative estimate of drug-likeness (QED) is 0.474. The van der Waals surface area contributed by atoms with Gasteiger partial charge in [-0.3, -0.25) is 14.4 Å². The summed E-state index contributed by atoms with van der Waals surface area (Å²) in [6, 6.07) is 3.30. The second-order valence-corrected chi connectivity index (χ2v) is 11.3. The minimum absolute atomic E-state index is 0.0970. The molecular formula is C28H34O7.